The van der Waals surface area contributed by atoms with E-state index in [2.05, 4.69) is 10.6 Å². The van der Waals surface area contributed by atoms with Gasteiger partial charge in [0.15, 0.2) is 17.5 Å². The first-order valence-corrected chi connectivity index (χ1v) is 9.87. The van der Waals surface area contributed by atoms with Gasteiger partial charge in [0.25, 0.3) is 0 Å². The first kappa shape index (κ1) is 20.0. The van der Waals surface area contributed by atoms with Gasteiger partial charge < -0.3 is 25.2 Å². The van der Waals surface area contributed by atoms with E-state index in [9.17, 15) is 5.11 Å². The molecule has 0 amide bonds. The monoisotopic (exact) mass is 383 g/mol. The van der Waals surface area contributed by atoms with Crippen LogP contribution in [0.5, 0.6) is 11.5 Å². The smallest absolute Gasteiger partial charge is 0.191 e. The third-order valence-electron chi connectivity index (χ3n) is 4.61. The summed E-state index contributed by atoms with van der Waals surface area (Å²) in [6, 6.07) is 15.9. The molecule has 1 aliphatic heterocycles. The van der Waals surface area contributed by atoms with Gasteiger partial charge in [-0.15, -0.1) is 0 Å². The molecule has 0 bridgehead atoms. The fourth-order valence-corrected chi connectivity index (χ4v) is 3.12. The number of ether oxygens (including phenoxy) is 2. The minimum atomic E-state index is 0.00906. The number of fused-ring (bicyclic) bond motifs is 1. The van der Waals surface area contributed by atoms with E-state index < -0.39 is 0 Å². The minimum absolute atomic E-state index is 0.00906. The van der Waals surface area contributed by atoms with Crippen LogP contribution in [-0.2, 0) is 6.54 Å². The Bertz CT molecular complexity index is 765. The quantitative estimate of drug-likeness (QED) is 0.506. The Morgan fingerprint density at radius 2 is 1.89 bits per heavy atom. The van der Waals surface area contributed by atoms with Gasteiger partial charge in [-0.05, 0) is 18.6 Å². The minimum Gasteiger partial charge on any atom is -0.490 e. The van der Waals surface area contributed by atoms with Gasteiger partial charge in [0.1, 0.15) is 0 Å². The summed E-state index contributed by atoms with van der Waals surface area (Å²) in [5.74, 6) is 2.29. The maximum atomic E-state index is 9.76. The lowest BCUT2D eigenvalue weighted by Crippen LogP contribution is -2.39. The second-order valence-corrected chi connectivity index (χ2v) is 6.66. The fourth-order valence-electron chi connectivity index (χ4n) is 3.12. The van der Waals surface area contributed by atoms with Crippen molar-refractivity contribution >= 4 is 5.96 Å². The maximum Gasteiger partial charge on any atom is 0.191 e. The van der Waals surface area contributed by atoms with Crippen molar-refractivity contribution in [1.29, 1.82) is 0 Å². The van der Waals surface area contributed by atoms with Crippen LogP contribution in [0.15, 0.2) is 53.5 Å². The molecule has 0 saturated heterocycles. The molecular weight excluding hydrogens is 354 g/mol. The highest BCUT2D eigenvalue weighted by Gasteiger charge is 2.15. The van der Waals surface area contributed by atoms with Crippen molar-refractivity contribution in [1.82, 2.24) is 10.6 Å². The Hall–Kier alpha value is -2.73. The van der Waals surface area contributed by atoms with E-state index in [-0.39, 0.29) is 12.5 Å². The molecule has 6 heteroatoms. The lowest BCUT2D eigenvalue weighted by Gasteiger charge is -2.18. The van der Waals surface area contributed by atoms with Gasteiger partial charge >= 0.3 is 0 Å². The molecule has 1 atom stereocenters. The van der Waals surface area contributed by atoms with E-state index in [4.69, 9.17) is 14.5 Å². The van der Waals surface area contributed by atoms with E-state index in [0.29, 0.717) is 32.3 Å². The molecule has 150 valence electrons. The standard InChI is InChI=1S/C22H29N3O3/c1-2-23-22(25-15-19(16-26)17-8-4-3-5-9-17)24-14-18-10-6-11-20-21(18)28-13-7-12-27-20/h3-6,8-11,19,26H,2,7,12-16H2,1H3,(H2,23,24,25). The van der Waals surface area contributed by atoms with Crippen molar-refractivity contribution in [3.8, 4) is 11.5 Å². The number of aliphatic hydroxyl groups excluding tert-OH is 1. The van der Waals surface area contributed by atoms with E-state index >= 15 is 0 Å². The van der Waals surface area contributed by atoms with Crippen LogP contribution in [0, 0.1) is 0 Å². The zero-order valence-corrected chi connectivity index (χ0v) is 16.4. The molecular formula is C22H29N3O3. The van der Waals surface area contributed by atoms with Crippen molar-refractivity contribution in [3.63, 3.8) is 0 Å². The largest absolute Gasteiger partial charge is 0.490 e. The Balaban J connectivity index is 1.68. The van der Waals surface area contributed by atoms with Gasteiger partial charge in [-0.1, -0.05) is 42.5 Å². The Labute approximate surface area is 166 Å². The van der Waals surface area contributed by atoms with Crippen LogP contribution in [-0.4, -0.2) is 44.0 Å². The van der Waals surface area contributed by atoms with Gasteiger partial charge in [0.05, 0.1) is 26.4 Å². The number of aliphatic hydroxyl groups is 1. The van der Waals surface area contributed by atoms with Crippen LogP contribution in [0.3, 0.4) is 0 Å². The average molecular weight is 383 g/mol. The zero-order valence-electron chi connectivity index (χ0n) is 16.4. The molecule has 28 heavy (non-hydrogen) atoms. The molecule has 0 spiro atoms. The second kappa shape index (κ2) is 10.6. The molecule has 2 aromatic rings. The van der Waals surface area contributed by atoms with Gasteiger partial charge in [0, 0.05) is 31.0 Å². The summed E-state index contributed by atoms with van der Waals surface area (Å²) in [4.78, 5) is 4.70. The van der Waals surface area contributed by atoms with Crippen molar-refractivity contribution in [2.24, 2.45) is 4.99 Å². The number of para-hydroxylation sites is 1. The summed E-state index contributed by atoms with van der Waals surface area (Å²) in [5.41, 5.74) is 2.10. The summed E-state index contributed by atoms with van der Waals surface area (Å²) in [7, 11) is 0. The number of nitrogens with one attached hydrogen (secondary N) is 2. The topological polar surface area (TPSA) is 75.1 Å². The summed E-state index contributed by atoms with van der Waals surface area (Å²) in [5, 5.41) is 16.4. The van der Waals surface area contributed by atoms with Gasteiger partial charge in [-0.25, -0.2) is 4.99 Å². The molecule has 1 heterocycles. The molecule has 0 aliphatic carbocycles. The van der Waals surface area contributed by atoms with Gasteiger partial charge in [-0.2, -0.15) is 0 Å². The van der Waals surface area contributed by atoms with E-state index in [1.165, 1.54) is 0 Å². The predicted molar refractivity (Wildman–Crippen MR) is 111 cm³/mol. The highest BCUT2D eigenvalue weighted by atomic mass is 16.5. The molecule has 6 nitrogen and oxygen atoms in total. The van der Waals surface area contributed by atoms with Gasteiger partial charge in [0.2, 0.25) is 0 Å². The highest BCUT2D eigenvalue weighted by Crippen LogP contribution is 2.33. The molecule has 0 radical (unpaired) electrons. The molecule has 0 fully saturated rings. The van der Waals surface area contributed by atoms with Crippen LogP contribution in [0.25, 0.3) is 0 Å². The second-order valence-electron chi connectivity index (χ2n) is 6.66. The lowest BCUT2D eigenvalue weighted by molar-refractivity contribution is 0.265. The van der Waals surface area contributed by atoms with Crippen LogP contribution in [0.4, 0.5) is 0 Å². The molecule has 3 rings (SSSR count). The molecule has 2 aromatic carbocycles. The number of benzene rings is 2. The van der Waals surface area contributed by atoms with Gasteiger partial charge in [-0.3, -0.25) is 0 Å². The SMILES string of the molecule is CCNC(=NCc1cccc2c1OCCCO2)NCC(CO)c1ccccc1. The number of aliphatic imine (C=N–C) groups is 1. The van der Waals surface area contributed by atoms with Crippen LogP contribution in [0.2, 0.25) is 0 Å². The molecule has 0 saturated carbocycles. The highest BCUT2D eigenvalue weighted by molar-refractivity contribution is 5.79. The van der Waals surface area contributed by atoms with Crippen LogP contribution < -0.4 is 20.1 Å². The number of guanidine groups is 1. The Kier molecular flexibility index (Phi) is 7.55. The third-order valence-corrected chi connectivity index (χ3v) is 4.61. The van der Waals surface area contributed by atoms with Crippen molar-refractivity contribution in [2.75, 3.05) is 32.9 Å². The normalized spacial score (nSPS) is 14.9. The number of hydrogen-bond donors (Lipinski definition) is 3. The van der Waals surface area contributed by atoms with E-state index in [1.807, 2.05) is 55.5 Å². The van der Waals surface area contributed by atoms with Crippen molar-refractivity contribution in [2.45, 2.75) is 25.8 Å². The predicted octanol–water partition coefficient (Wildman–Crippen LogP) is 2.68. The number of rotatable bonds is 7. The Morgan fingerprint density at radius 3 is 2.68 bits per heavy atom. The molecule has 1 unspecified atom stereocenters. The summed E-state index contributed by atoms with van der Waals surface area (Å²) < 4.78 is 11.6. The fraction of sp³-hybridized carbons (Fsp3) is 0.409. The van der Waals surface area contributed by atoms with Crippen LogP contribution in [0.1, 0.15) is 30.4 Å². The molecule has 0 aromatic heterocycles. The molecule has 3 N–H and O–H groups in total. The van der Waals surface area contributed by atoms with E-state index in [0.717, 1.165) is 35.6 Å². The average Bonchev–Trinajstić information content (AvgIpc) is 2.99. The lowest BCUT2D eigenvalue weighted by atomic mass is 10.0. The molecule has 1 aliphatic rings. The van der Waals surface area contributed by atoms with Crippen molar-refractivity contribution in [3.05, 3.63) is 59.7 Å². The van der Waals surface area contributed by atoms with Crippen LogP contribution >= 0.6 is 0 Å². The first-order valence-electron chi connectivity index (χ1n) is 9.87. The summed E-state index contributed by atoms with van der Waals surface area (Å²) in [6.45, 7) is 5.27. The summed E-state index contributed by atoms with van der Waals surface area (Å²) in [6.07, 6.45) is 0.879. The van der Waals surface area contributed by atoms with E-state index in [1.54, 1.807) is 0 Å². The number of hydrogen-bond acceptors (Lipinski definition) is 4. The third kappa shape index (κ3) is 5.39. The number of nitrogens with zero attached hydrogens (tertiary/aromatic N) is 1. The van der Waals surface area contributed by atoms with Crippen molar-refractivity contribution < 1.29 is 14.6 Å². The zero-order chi connectivity index (χ0) is 19.6. The maximum absolute atomic E-state index is 9.76. The first-order chi connectivity index (χ1) is 13.8. The summed E-state index contributed by atoms with van der Waals surface area (Å²) >= 11 is 0. The Morgan fingerprint density at radius 1 is 1.07 bits per heavy atom.